The van der Waals surface area contributed by atoms with E-state index in [-0.39, 0.29) is 6.04 Å². The van der Waals surface area contributed by atoms with Crippen LogP contribution in [0.5, 0.6) is 0 Å². The summed E-state index contributed by atoms with van der Waals surface area (Å²) in [4.78, 5) is 0.809. The lowest BCUT2D eigenvalue weighted by Gasteiger charge is -2.13. The fourth-order valence-corrected chi connectivity index (χ4v) is 2.68. The zero-order chi connectivity index (χ0) is 13.0. The van der Waals surface area contributed by atoms with Crippen LogP contribution in [-0.2, 0) is 11.0 Å². The summed E-state index contributed by atoms with van der Waals surface area (Å²) >= 11 is 0. The van der Waals surface area contributed by atoms with E-state index in [1.807, 2.05) is 68.4 Å². The summed E-state index contributed by atoms with van der Waals surface area (Å²) in [7, 11) is -1.17. The lowest BCUT2D eigenvalue weighted by atomic mass is 10.1. The van der Waals surface area contributed by atoms with Crippen molar-refractivity contribution >= 4 is 11.0 Å². The number of benzene rings is 2. The number of hydrogen-bond acceptors (Lipinski definition) is 1. The van der Waals surface area contributed by atoms with Crippen LogP contribution in [0.4, 0.5) is 0 Å². The highest BCUT2D eigenvalue weighted by atomic mass is 32.2. The molecule has 0 aliphatic rings. The highest BCUT2D eigenvalue weighted by molar-refractivity contribution is 7.83. The van der Waals surface area contributed by atoms with Gasteiger partial charge in [-0.25, -0.2) is 8.93 Å². The largest absolute Gasteiger partial charge is 0.237 e. The van der Waals surface area contributed by atoms with E-state index in [1.54, 1.807) is 0 Å². The molecule has 0 bridgehead atoms. The summed E-state index contributed by atoms with van der Waals surface area (Å²) in [6.07, 6.45) is 0. The molecule has 94 valence electrons. The second kappa shape index (κ2) is 5.94. The molecule has 0 aliphatic heterocycles. The Kier molecular flexibility index (Phi) is 4.28. The first-order valence-electron chi connectivity index (χ1n) is 5.96. The molecule has 0 aliphatic carbocycles. The Morgan fingerprint density at radius 1 is 1.00 bits per heavy atom. The molecule has 0 spiro atoms. The third-order valence-corrected chi connectivity index (χ3v) is 4.09. The summed E-state index contributed by atoms with van der Waals surface area (Å²) in [6.45, 7) is 4.04. The van der Waals surface area contributed by atoms with Crippen molar-refractivity contribution in [3.05, 3.63) is 65.7 Å². The monoisotopic (exact) mass is 259 g/mol. The first-order chi connectivity index (χ1) is 8.66. The van der Waals surface area contributed by atoms with Crippen molar-refractivity contribution in [3.63, 3.8) is 0 Å². The van der Waals surface area contributed by atoms with Gasteiger partial charge in [0.2, 0.25) is 0 Å². The number of nitrogens with one attached hydrogen (secondary N) is 1. The minimum Gasteiger partial charge on any atom is -0.237 e. The van der Waals surface area contributed by atoms with Gasteiger partial charge in [-0.2, -0.15) is 0 Å². The molecule has 3 heteroatoms. The molecule has 0 saturated heterocycles. The summed E-state index contributed by atoms with van der Waals surface area (Å²) in [5.74, 6) is 0. The summed E-state index contributed by atoms with van der Waals surface area (Å²) in [5.41, 5.74) is 2.31. The maximum absolute atomic E-state index is 12.1. The quantitative estimate of drug-likeness (QED) is 0.896. The van der Waals surface area contributed by atoms with Crippen molar-refractivity contribution in [3.8, 4) is 0 Å². The topological polar surface area (TPSA) is 29.1 Å². The summed E-state index contributed by atoms with van der Waals surface area (Å²) in [6, 6.07) is 17.8. The Balaban J connectivity index is 2.06. The fraction of sp³-hybridized carbons (Fsp3) is 0.200. The van der Waals surface area contributed by atoms with Crippen LogP contribution in [0.1, 0.15) is 24.1 Å². The van der Waals surface area contributed by atoms with Gasteiger partial charge >= 0.3 is 0 Å². The molecular formula is C15H17NOS. The molecule has 0 aromatic heterocycles. The van der Waals surface area contributed by atoms with Crippen LogP contribution in [0.2, 0.25) is 0 Å². The molecule has 2 aromatic rings. The van der Waals surface area contributed by atoms with E-state index in [0.29, 0.717) is 0 Å². The average Bonchev–Trinajstić information content (AvgIpc) is 2.40. The summed E-state index contributed by atoms with van der Waals surface area (Å²) < 4.78 is 15.2. The third kappa shape index (κ3) is 3.28. The van der Waals surface area contributed by atoms with Gasteiger partial charge in [0.05, 0.1) is 4.90 Å². The fourth-order valence-electron chi connectivity index (χ4n) is 1.70. The predicted octanol–water partition coefficient (Wildman–Crippen LogP) is 3.37. The summed E-state index contributed by atoms with van der Waals surface area (Å²) in [5, 5.41) is 0. The van der Waals surface area contributed by atoms with Crippen LogP contribution in [0, 0.1) is 6.92 Å². The maximum Gasteiger partial charge on any atom is 0.125 e. The molecule has 2 unspecified atom stereocenters. The van der Waals surface area contributed by atoms with Crippen molar-refractivity contribution in [2.45, 2.75) is 24.8 Å². The Bertz CT molecular complexity index is 522. The van der Waals surface area contributed by atoms with E-state index >= 15 is 0 Å². The van der Waals surface area contributed by atoms with E-state index in [0.717, 1.165) is 10.5 Å². The van der Waals surface area contributed by atoms with Crippen LogP contribution >= 0.6 is 0 Å². The zero-order valence-electron chi connectivity index (χ0n) is 10.6. The Morgan fingerprint density at radius 2 is 1.61 bits per heavy atom. The molecule has 2 atom stereocenters. The highest BCUT2D eigenvalue weighted by Crippen LogP contribution is 2.14. The first-order valence-corrected chi connectivity index (χ1v) is 7.11. The molecular weight excluding hydrogens is 242 g/mol. The van der Waals surface area contributed by atoms with Crippen molar-refractivity contribution < 1.29 is 4.21 Å². The van der Waals surface area contributed by atoms with Crippen LogP contribution in [0.25, 0.3) is 0 Å². The zero-order valence-corrected chi connectivity index (χ0v) is 11.4. The van der Waals surface area contributed by atoms with Gasteiger partial charge < -0.3 is 0 Å². The smallest absolute Gasteiger partial charge is 0.125 e. The van der Waals surface area contributed by atoms with Crippen molar-refractivity contribution in [2.24, 2.45) is 0 Å². The van der Waals surface area contributed by atoms with Crippen LogP contribution in [0.3, 0.4) is 0 Å². The molecule has 2 nitrogen and oxygen atoms in total. The Morgan fingerprint density at radius 3 is 2.22 bits per heavy atom. The molecule has 0 radical (unpaired) electrons. The van der Waals surface area contributed by atoms with Gasteiger partial charge in [0, 0.05) is 6.04 Å². The molecule has 0 amide bonds. The highest BCUT2D eigenvalue weighted by Gasteiger charge is 2.09. The molecule has 0 heterocycles. The third-order valence-electron chi connectivity index (χ3n) is 2.82. The molecule has 0 saturated carbocycles. The van der Waals surface area contributed by atoms with E-state index in [4.69, 9.17) is 0 Å². The van der Waals surface area contributed by atoms with Crippen molar-refractivity contribution in [1.29, 1.82) is 0 Å². The standard InChI is InChI=1S/C15H17NOS/c1-12-8-10-15(11-9-12)18(17)16-13(2)14-6-4-3-5-7-14/h3-11,13,16H,1-2H3. The lowest BCUT2D eigenvalue weighted by molar-refractivity contribution is 0.651. The predicted molar refractivity (Wildman–Crippen MR) is 75.6 cm³/mol. The van der Waals surface area contributed by atoms with Gasteiger partial charge in [-0.15, -0.1) is 0 Å². The van der Waals surface area contributed by atoms with Crippen LogP contribution < -0.4 is 4.72 Å². The van der Waals surface area contributed by atoms with E-state index < -0.39 is 11.0 Å². The van der Waals surface area contributed by atoms with Gasteiger partial charge in [-0.05, 0) is 31.5 Å². The van der Waals surface area contributed by atoms with Gasteiger partial charge in [-0.1, -0.05) is 48.0 Å². The van der Waals surface area contributed by atoms with Crippen molar-refractivity contribution in [1.82, 2.24) is 4.72 Å². The van der Waals surface area contributed by atoms with E-state index in [1.165, 1.54) is 5.56 Å². The van der Waals surface area contributed by atoms with Crippen LogP contribution in [-0.4, -0.2) is 4.21 Å². The second-order valence-electron chi connectivity index (χ2n) is 4.33. The number of rotatable bonds is 4. The molecule has 0 fully saturated rings. The second-order valence-corrected chi connectivity index (χ2v) is 5.58. The molecule has 2 aromatic carbocycles. The van der Waals surface area contributed by atoms with Crippen molar-refractivity contribution in [2.75, 3.05) is 0 Å². The lowest BCUT2D eigenvalue weighted by Crippen LogP contribution is -2.21. The minimum atomic E-state index is -1.17. The van der Waals surface area contributed by atoms with Gasteiger partial charge in [0.15, 0.2) is 0 Å². The molecule has 2 rings (SSSR count). The number of aryl methyl sites for hydroxylation is 1. The number of hydrogen-bond donors (Lipinski definition) is 1. The van der Waals surface area contributed by atoms with E-state index in [9.17, 15) is 4.21 Å². The minimum absolute atomic E-state index is 0.0633. The maximum atomic E-state index is 12.1. The normalized spacial score (nSPS) is 14.1. The van der Waals surface area contributed by atoms with Gasteiger partial charge in [-0.3, -0.25) is 0 Å². The van der Waals surface area contributed by atoms with Gasteiger partial charge in [0.25, 0.3) is 0 Å². The van der Waals surface area contributed by atoms with Crippen LogP contribution in [0.15, 0.2) is 59.5 Å². The first kappa shape index (κ1) is 13.0. The van der Waals surface area contributed by atoms with E-state index in [2.05, 4.69) is 4.72 Å². The Hall–Kier alpha value is -1.45. The van der Waals surface area contributed by atoms with Gasteiger partial charge in [0.1, 0.15) is 11.0 Å². The molecule has 18 heavy (non-hydrogen) atoms. The molecule has 1 N–H and O–H groups in total. The average molecular weight is 259 g/mol. The SMILES string of the molecule is Cc1ccc(S(=O)NC(C)c2ccccc2)cc1. The Labute approximate surface area is 111 Å².